The van der Waals surface area contributed by atoms with Gasteiger partial charge in [-0.2, -0.15) is 0 Å². The van der Waals surface area contributed by atoms with Gasteiger partial charge >= 0.3 is 0 Å². The van der Waals surface area contributed by atoms with Crippen LogP contribution in [-0.2, 0) is 14.8 Å². The fourth-order valence-corrected chi connectivity index (χ4v) is 3.81. The maximum absolute atomic E-state index is 12.3. The van der Waals surface area contributed by atoms with Gasteiger partial charge in [0.25, 0.3) is 21.5 Å². The number of hydrogen-bond acceptors (Lipinski definition) is 7. The Morgan fingerprint density at radius 1 is 1.19 bits per heavy atom. The van der Waals surface area contributed by atoms with Crippen molar-refractivity contribution in [1.82, 2.24) is 14.1 Å². The second-order valence-electron chi connectivity index (χ2n) is 5.17. The molecule has 0 bridgehead atoms. The molecule has 2 amide bonds. The van der Waals surface area contributed by atoms with Crippen LogP contribution >= 0.6 is 11.3 Å². The third kappa shape index (κ3) is 3.48. The van der Waals surface area contributed by atoms with Crippen molar-refractivity contribution >= 4 is 43.8 Å². The quantitative estimate of drug-likeness (QED) is 0.677. The Morgan fingerprint density at radius 3 is 2.54 bits per heavy atom. The Balaban J connectivity index is 1.82. The lowest BCUT2D eigenvalue weighted by Crippen LogP contribution is -2.28. The first-order valence-electron chi connectivity index (χ1n) is 7.17. The molecule has 0 saturated heterocycles. The lowest BCUT2D eigenvalue weighted by Gasteiger charge is -2.07. The minimum Gasteiger partial charge on any atom is -0.322 e. The van der Waals surface area contributed by atoms with Gasteiger partial charge in [-0.05, 0) is 24.3 Å². The SMILES string of the molecule is CC(=O)NS(=O)(=O)c1ccc(NC(=O)c2cnc3sccn3c2=O)cc1. The molecule has 2 N–H and O–H groups in total. The van der Waals surface area contributed by atoms with Crippen LogP contribution in [0.3, 0.4) is 0 Å². The van der Waals surface area contributed by atoms with Crippen molar-refractivity contribution in [2.45, 2.75) is 11.8 Å². The molecular formula is C15H12N4O5S2. The Kier molecular flexibility index (Phi) is 4.57. The van der Waals surface area contributed by atoms with Crippen molar-refractivity contribution in [3.05, 3.63) is 58.0 Å². The Labute approximate surface area is 151 Å². The van der Waals surface area contributed by atoms with Crippen LogP contribution in [-0.4, -0.2) is 29.6 Å². The summed E-state index contributed by atoms with van der Waals surface area (Å²) >= 11 is 1.27. The lowest BCUT2D eigenvalue weighted by molar-refractivity contribution is -0.117. The van der Waals surface area contributed by atoms with Crippen LogP contribution in [0, 0.1) is 0 Å². The molecule has 11 heteroatoms. The minimum absolute atomic E-state index is 0.132. The summed E-state index contributed by atoms with van der Waals surface area (Å²) in [7, 11) is -3.96. The summed E-state index contributed by atoms with van der Waals surface area (Å²) in [6, 6.07) is 5.16. The van der Waals surface area contributed by atoms with Gasteiger partial charge in [0.2, 0.25) is 5.91 Å². The molecule has 3 rings (SSSR count). The first kappa shape index (κ1) is 17.8. The van der Waals surface area contributed by atoms with Crippen molar-refractivity contribution in [3.8, 4) is 0 Å². The van der Waals surface area contributed by atoms with Gasteiger partial charge in [0, 0.05) is 30.4 Å². The van der Waals surface area contributed by atoms with E-state index in [0.29, 0.717) is 4.96 Å². The Morgan fingerprint density at radius 2 is 1.88 bits per heavy atom. The summed E-state index contributed by atoms with van der Waals surface area (Å²) < 4.78 is 26.8. The number of hydrogen-bond donors (Lipinski definition) is 2. The van der Waals surface area contributed by atoms with Crippen LogP contribution in [0.1, 0.15) is 17.3 Å². The van der Waals surface area contributed by atoms with E-state index in [0.717, 1.165) is 6.92 Å². The molecule has 134 valence electrons. The minimum atomic E-state index is -3.96. The number of amides is 2. The van der Waals surface area contributed by atoms with Crippen molar-refractivity contribution in [3.63, 3.8) is 0 Å². The van der Waals surface area contributed by atoms with Gasteiger partial charge in [-0.25, -0.2) is 18.1 Å². The molecule has 9 nitrogen and oxygen atoms in total. The van der Waals surface area contributed by atoms with Crippen molar-refractivity contribution in [1.29, 1.82) is 0 Å². The third-order valence-electron chi connectivity index (χ3n) is 3.29. The van der Waals surface area contributed by atoms with Crippen molar-refractivity contribution in [2.24, 2.45) is 0 Å². The zero-order valence-corrected chi connectivity index (χ0v) is 14.9. The van der Waals surface area contributed by atoms with E-state index in [1.165, 1.54) is 52.4 Å². The fourth-order valence-electron chi connectivity index (χ4n) is 2.14. The predicted octanol–water partition coefficient (Wildman–Crippen LogP) is 0.833. The van der Waals surface area contributed by atoms with Gasteiger partial charge in [-0.3, -0.25) is 18.8 Å². The van der Waals surface area contributed by atoms with E-state index in [1.54, 1.807) is 5.38 Å². The highest BCUT2D eigenvalue weighted by Gasteiger charge is 2.17. The van der Waals surface area contributed by atoms with E-state index < -0.39 is 27.4 Å². The lowest BCUT2D eigenvalue weighted by atomic mass is 10.2. The molecule has 0 aliphatic carbocycles. The molecule has 0 fully saturated rings. The van der Waals surface area contributed by atoms with Gasteiger partial charge < -0.3 is 5.32 Å². The molecule has 0 radical (unpaired) electrons. The van der Waals surface area contributed by atoms with Gasteiger partial charge in [0.15, 0.2) is 4.96 Å². The summed E-state index contributed by atoms with van der Waals surface area (Å²) in [5, 5.41) is 4.18. The van der Waals surface area contributed by atoms with Crippen LogP contribution in [0.15, 0.2) is 51.7 Å². The van der Waals surface area contributed by atoms with Crippen LogP contribution < -0.4 is 15.6 Å². The largest absolute Gasteiger partial charge is 0.322 e. The average molecular weight is 392 g/mol. The molecule has 3 aromatic rings. The molecule has 0 atom stereocenters. The number of benzene rings is 1. The third-order valence-corrected chi connectivity index (χ3v) is 5.51. The molecule has 0 spiro atoms. The molecule has 0 aliphatic heterocycles. The van der Waals surface area contributed by atoms with Crippen LogP contribution in [0.2, 0.25) is 0 Å². The van der Waals surface area contributed by atoms with E-state index >= 15 is 0 Å². The number of thiazole rings is 1. The molecule has 2 heterocycles. The second-order valence-corrected chi connectivity index (χ2v) is 7.73. The smallest absolute Gasteiger partial charge is 0.271 e. The van der Waals surface area contributed by atoms with E-state index in [-0.39, 0.29) is 16.1 Å². The molecule has 0 aliphatic rings. The van der Waals surface area contributed by atoms with E-state index in [9.17, 15) is 22.8 Å². The van der Waals surface area contributed by atoms with E-state index in [4.69, 9.17) is 0 Å². The molecule has 2 aromatic heterocycles. The average Bonchev–Trinajstić information content (AvgIpc) is 3.04. The number of aromatic nitrogens is 2. The van der Waals surface area contributed by atoms with Gasteiger partial charge in [0.1, 0.15) is 5.56 Å². The Hall–Kier alpha value is -3.05. The second kappa shape index (κ2) is 6.69. The van der Waals surface area contributed by atoms with Crippen LogP contribution in [0.5, 0.6) is 0 Å². The maximum Gasteiger partial charge on any atom is 0.271 e. The topological polar surface area (TPSA) is 127 Å². The van der Waals surface area contributed by atoms with Crippen LogP contribution in [0.25, 0.3) is 4.96 Å². The number of sulfonamides is 1. The summed E-state index contributed by atoms with van der Waals surface area (Å²) in [6.07, 6.45) is 2.72. The number of anilines is 1. The van der Waals surface area contributed by atoms with E-state index in [1.807, 2.05) is 4.72 Å². The summed E-state index contributed by atoms with van der Waals surface area (Å²) in [5.74, 6) is -1.38. The maximum atomic E-state index is 12.3. The summed E-state index contributed by atoms with van der Waals surface area (Å²) in [4.78, 5) is 39.9. The zero-order valence-electron chi connectivity index (χ0n) is 13.3. The normalized spacial score (nSPS) is 11.3. The highest BCUT2D eigenvalue weighted by Crippen LogP contribution is 2.15. The summed E-state index contributed by atoms with van der Waals surface area (Å²) in [6.45, 7) is 1.09. The highest BCUT2D eigenvalue weighted by atomic mass is 32.2. The van der Waals surface area contributed by atoms with Crippen molar-refractivity contribution < 1.29 is 18.0 Å². The molecule has 0 saturated carbocycles. The fraction of sp³-hybridized carbons (Fsp3) is 0.0667. The number of carbonyl (C=O) groups is 2. The monoisotopic (exact) mass is 392 g/mol. The van der Waals surface area contributed by atoms with E-state index in [2.05, 4.69) is 10.3 Å². The number of rotatable bonds is 4. The van der Waals surface area contributed by atoms with Gasteiger partial charge in [-0.1, -0.05) is 0 Å². The number of carbonyl (C=O) groups excluding carboxylic acids is 2. The molecule has 1 aromatic carbocycles. The molecule has 0 unspecified atom stereocenters. The number of nitrogens with one attached hydrogen (secondary N) is 2. The van der Waals surface area contributed by atoms with Crippen LogP contribution in [0.4, 0.5) is 5.69 Å². The highest BCUT2D eigenvalue weighted by molar-refractivity contribution is 7.90. The predicted molar refractivity (Wildman–Crippen MR) is 94.7 cm³/mol. The van der Waals surface area contributed by atoms with Gasteiger partial charge in [0.05, 0.1) is 4.90 Å². The molecular weight excluding hydrogens is 380 g/mol. The zero-order chi connectivity index (χ0) is 18.9. The number of fused-ring (bicyclic) bond motifs is 1. The molecule has 26 heavy (non-hydrogen) atoms. The van der Waals surface area contributed by atoms with Gasteiger partial charge in [-0.15, -0.1) is 11.3 Å². The standard InChI is InChI=1S/C15H12N4O5S2/c1-9(20)18-26(23,24)11-4-2-10(3-5-11)17-13(21)12-8-16-15-19(14(12)22)6-7-25-15/h2-8H,1H3,(H,17,21)(H,18,20). The first-order valence-corrected chi connectivity index (χ1v) is 9.54. The Bertz CT molecular complexity index is 1160. The number of nitrogens with zero attached hydrogens (tertiary/aromatic N) is 2. The van der Waals surface area contributed by atoms with Crippen molar-refractivity contribution in [2.75, 3.05) is 5.32 Å². The summed E-state index contributed by atoms with van der Waals surface area (Å²) in [5.41, 5.74) is -0.360. The first-order chi connectivity index (χ1) is 12.3.